The van der Waals surface area contributed by atoms with Gasteiger partial charge in [0.05, 0.1) is 0 Å². The molecule has 26 heavy (non-hydrogen) atoms. The van der Waals surface area contributed by atoms with Crippen molar-refractivity contribution in [2.24, 2.45) is 5.73 Å². The van der Waals surface area contributed by atoms with E-state index in [1.54, 1.807) is 24.3 Å². The van der Waals surface area contributed by atoms with Crippen LogP contribution in [0.1, 0.15) is 5.56 Å². The highest BCUT2D eigenvalue weighted by molar-refractivity contribution is 5.97. The van der Waals surface area contributed by atoms with Gasteiger partial charge in [-0.1, -0.05) is 30.3 Å². The van der Waals surface area contributed by atoms with Gasteiger partial charge in [0.2, 0.25) is 5.91 Å². The van der Waals surface area contributed by atoms with E-state index < -0.39 is 30.1 Å². The Balaban J connectivity index is 2.05. The number of amides is 3. The van der Waals surface area contributed by atoms with Crippen molar-refractivity contribution in [3.63, 3.8) is 0 Å². The fourth-order valence-electron chi connectivity index (χ4n) is 2.20. The number of nitrogens with one attached hydrogen (secondary N) is 2. The van der Waals surface area contributed by atoms with Gasteiger partial charge in [-0.05, 0) is 29.8 Å². The summed E-state index contributed by atoms with van der Waals surface area (Å²) in [4.78, 5) is 23.5. The van der Waals surface area contributed by atoms with Crippen LogP contribution in [0.15, 0.2) is 54.6 Å². The molecule has 0 saturated heterocycles. The number of hydrogen-bond donors (Lipinski definition) is 3. The van der Waals surface area contributed by atoms with E-state index in [4.69, 9.17) is 5.73 Å². The molecular weight excluding hydrogens is 351 g/mol. The fraction of sp³-hybridized carbons (Fsp3) is 0.176. The molecule has 6 nitrogen and oxygen atoms in total. The van der Waals surface area contributed by atoms with Crippen LogP contribution in [0.25, 0.3) is 0 Å². The molecule has 0 unspecified atom stereocenters. The summed E-state index contributed by atoms with van der Waals surface area (Å²) in [7, 11) is 0. The molecule has 0 heterocycles. The summed E-state index contributed by atoms with van der Waals surface area (Å²) in [6.07, 6.45) is -4.60. The predicted octanol–water partition coefficient (Wildman–Crippen LogP) is 2.80. The van der Waals surface area contributed by atoms with Crippen molar-refractivity contribution >= 4 is 17.6 Å². The van der Waals surface area contributed by atoms with E-state index in [0.717, 1.165) is 17.7 Å². The molecule has 3 amide bonds. The molecule has 0 aliphatic heterocycles. The number of hydrogen-bond acceptors (Lipinski definition) is 3. The SMILES string of the molecule is NC(=O)N[C@@H](Cc1ccccc1)C(=O)Nc1ccc(OC(F)(F)F)cc1. The largest absolute Gasteiger partial charge is 0.573 e. The number of alkyl halides is 3. The molecule has 0 saturated carbocycles. The lowest BCUT2D eigenvalue weighted by molar-refractivity contribution is -0.274. The van der Waals surface area contributed by atoms with Crippen LogP contribution in [-0.2, 0) is 11.2 Å². The van der Waals surface area contributed by atoms with Crippen LogP contribution in [0.4, 0.5) is 23.7 Å². The van der Waals surface area contributed by atoms with Crippen LogP contribution in [-0.4, -0.2) is 24.3 Å². The van der Waals surface area contributed by atoms with Crippen molar-refractivity contribution < 1.29 is 27.5 Å². The first kappa shape index (κ1) is 19.1. The zero-order chi connectivity index (χ0) is 19.2. The summed E-state index contributed by atoms with van der Waals surface area (Å²) in [6, 6.07) is 11.8. The summed E-state index contributed by atoms with van der Waals surface area (Å²) < 4.78 is 40.2. The maximum absolute atomic E-state index is 12.4. The minimum atomic E-state index is -4.79. The van der Waals surface area contributed by atoms with E-state index >= 15 is 0 Å². The maximum atomic E-state index is 12.4. The lowest BCUT2D eigenvalue weighted by Gasteiger charge is -2.17. The van der Waals surface area contributed by atoms with E-state index in [-0.39, 0.29) is 12.1 Å². The van der Waals surface area contributed by atoms with Gasteiger partial charge >= 0.3 is 12.4 Å². The van der Waals surface area contributed by atoms with Gasteiger partial charge in [-0.3, -0.25) is 4.79 Å². The summed E-state index contributed by atoms with van der Waals surface area (Å²) >= 11 is 0. The van der Waals surface area contributed by atoms with Gasteiger partial charge in [0.1, 0.15) is 11.8 Å². The standard InChI is InChI=1S/C17H16F3N3O3/c18-17(19,20)26-13-8-6-12(7-9-13)22-15(24)14(23-16(21)25)10-11-4-2-1-3-5-11/h1-9,14H,10H2,(H,22,24)(H3,21,23,25)/t14-/m0/s1. The number of halogens is 3. The highest BCUT2D eigenvalue weighted by Gasteiger charge is 2.31. The van der Waals surface area contributed by atoms with Crippen molar-refractivity contribution in [1.82, 2.24) is 5.32 Å². The number of anilines is 1. The normalized spacial score (nSPS) is 12.1. The molecule has 2 aromatic carbocycles. The Labute approximate surface area is 147 Å². The third-order valence-corrected chi connectivity index (χ3v) is 3.27. The van der Waals surface area contributed by atoms with Crippen molar-refractivity contribution in [2.75, 3.05) is 5.32 Å². The third kappa shape index (κ3) is 6.34. The highest BCUT2D eigenvalue weighted by Crippen LogP contribution is 2.24. The number of nitrogens with two attached hydrogens (primary N) is 1. The topological polar surface area (TPSA) is 93.5 Å². The molecule has 4 N–H and O–H groups in total. The lowest BCUT2D eigenvalue weighted by Crippen LogP contribution is -2.47. The van der Waals surface area contributed by atoms with E-state index in [1.807, 2.05) is 6.07 Å². The summed E-state index contributed by atoms with van der Waals surface area (Å²) in [5, 5.41) is 4.86. The van der Waals surface area contributed by atoms with Gasteiger partial charge in [0, 0.05) is 12.1 Å². The van der Waals surface area contributed by atoms with Crippen LogP contribution in [0.5, 0.6) is 5.75 Å². The average molecular weight is 367 g/mol. The molecule has 0 radical (unpaired) electrons. The van der Waals surface area contributed by atoms with Crippen molar-refractivity contribution in [1.29, 1.82) is 0 Å². The lowest BCUT2D eigenvalue weighted by atomic mass is 10.1. The van der Waals surface area contributed by atoms with Gasteiger partial charge in [-0.15, -0.1) is 13.2 Å². The Morgan fingerprint density at radius 1 is 1.04 bits per heavy atom. The number of carbonyl (C=O) groups is 2. The molecule has 2 rings (SSSR count). The van der Waals surface area contributed by atoms with E-state index in [0.29, 0.717) is 0 Å². The monoisotopic (exact) mass is 367 g/mol. The Morgan fingerprint density at radius 2 is 1.65 bits per heavy atom. The van der Waals surface area contributed by atoms with Crippen LogP contribution in [0.2, 0.25) is 0 Å². The predicted molar refractivity (Wildman–Crippen MR) is 88.4 cm³/mol. The summed E-state index contributed by atoms with van der Waals surface area (Å²) in [6.45, 7) is 0. The summed E-state index contributed by atoms with van der Waals surface area (Å²) in [5.41, 5.74) is 6.15. The average Bonchev–Trinajstić information content (AvgIpc) is 2.55. The van der Waals surface area contributed by atoms with Crippen LogP contribution in [0.3, 0.4) is 0 Å². The molecule has 2 aromatic rings. The van der Waals surface area contributed by atoms with Crippen molar-refractivity contribution in [3.05, 3.63) is 60.2 Å². The van der Waals surface area contributed by atoms with Crippen LogP contribution < -0.4 is 21.1 Å². The Bertz CT molecular complexity index is 749. The molecule has 9 heteroatoms. The van der Waals surface area contributed by atoms with Gasteiger partial charge in [-0.2, -0.15) is 0 Å². The molecule has 0 fully saturated rings. The number of ether oxygens (including phenoxy) is 1. The van der Waals surface area contributed by atoms with Crippen LogP contribution >= 0.6 is 0 Å². The number of benzene rings is 2. The number of rotatable bonds is 6. The van der Waals surface area contributed by atoms with Gasteiger partial charge in [0.25, 0.3) is 0 Å². The van der Waals surface area contributed by atoms with E-state index in [1.165, 1.54) is 12.1 Å². The molecule has 0 aromatic heterocycles. The maximum Gasteiger partial charge on any atom is 0.573 e. The molecule has 0 aliphatic carbocycles. The molecular formula is C17H16F3N3O3. The molecule has 0 bridgehead atoms. The van der Waals surface area contributed by atoms with Gasteiger partial charge in [-0.25, -0.2) is 4.79 Å². The van der Waals surface area contributed by atoms with Gasteiger partial charge in [0.15, 0.2) is 0 Å². The van der Waals surface area contributed by atoms with Crippen molar-refractivity contribution in [3.8, 4) is 5.75 Å². The second-order valence-electron chi connectivity index (χ2n) is 5.31. The Hall–Kier alpha value is -3.23. The first-order chi connectivity index (χ1) is 12.2. The van der Waals surface area contributed by atoms with E-state index in [9.17, 15) is 22.8 Å². The molecule has 1 atom stereocenters. The number of carbonyl (C=O) groups excluding carboxylic acids is 2. The third-order valence-electron chi connectivity index (χ3n) is 3.27. The number of primary amides is 1. The molecule has 0 spiro atoms. The second-order valence-corrected chi connectivity index (χ2v) is 5.31. The quantitative estimate of drug-likeness (QED) is 0.733. The Morgan fingerprint density at radius 3 is 2.19 bits per heavy atom. The molecule has 138 valence electrons. The zero-order valence-corrected chi connectivity index (χ0v) is 13.4. The first-order valence-electron chi connectivity index (χ1n) is 7.49. The minimum absolute atomic E-state index is 0.199. The van der Waals surface area contributed by atoms with Gasteiger partial charge < -0.3 is 21.1 Å². The van der Waals surface area contributed by atoms with Crippen LogP contribution in [0, 0.1) is 0 Å². The fourth-order valence-corrected chi connectivity index (χ4v) is 2.20. The molecule has 0 aliphatic rings. The number of urea groups is 1. The minimum Gasteiger partial charge on any atom is -0.406 e. The highest BCUT2D eigenvalue weighted by atomic mass is 19.4. The smallest absolute Gasteiger partial charge is 0.406 e. The first-order valence-corrected chi connectivity index (χ1v) is 7.49. The van der Waals surface area contributed by atoms with E-state index in [2.05, 4.69) is 15.4 Å². The zero-order valence-electron chi connectivity index (χ0n) is 13.4. The Kier molecular flexibility index (Phi) is 6.05. The second kappa shape index (κ2) is 8.24. The summed E-state index contributed by atoms with van der Waals surface area (Å²) in [5.74, 6) is -0.969. The van der Waals surface area contributed by atoms with Crippen molar-refractivity contribution in [2.45, 2.75) is 18.8 Å².